The van der Waals surface area contributed by atoms with Crippen LogP contribution in [0, 0.1) is 0 Å². The van der Waals surface area contributed by atoms with Gasteiger partial charge < -0.3 is 5.32 Å². The third kappa shape index (κ3) is 5.86. The number of hydrogen-bond acceptors (Lipinski definition) is 3. The van der Waals surface area contributed by atoms with E-state index in [1.54, 1.807) is 16.8 Å². The van der Waals surface area contributed by atoms with Crippen molar-refractivity contribution in [3.63, 3.8) is 0 Å². The molecule has 0 aliphatic heterocycles. The molecule has 0 radical (unpaired) electrons. The SMILES string of the molecule is CCCCCCn1ccc(NC(=O)NCCC)nc1=O. The first-order valence-electron chi connectivity index (χ1n) is 7.29. The summed E-state index contributed by atoms with van der Waals surface area (Å²) in [6.45, 7) is 5.39. The molecule has 20 heavy (non-hydrogen) atoms. The van der Waals surface area contributed by atoms with Gasteiger partial charge in [-0.1, -0.05) is 33.1 Å². The van der Waals surface area contributed by atoms with E-state index in [9.17, 15) is 9.59 Å². The first-order valence-corrected chi connectivity index (χ1v) is 7.29. The van der Waals surface area contributed by atoms with Gasteiger partial charge in [-0.2, -0.15) is 4.98 Å². The van der Waals surface area contributed by atoms with E-state index in [0.29, 0.717) is 13.1 Å². The monoisotopic (exact) mass is 280 g/mol. The number of hydrogen-bond donors (Lipinski definition) is 2. The number of unbranched alkanes of at least 4 members (excludes halogenated alkanes) is 3. The molecule has 0 spiro atoms. The van der Waals surface area contributed by atoms with Gasteiger partial charge in [0.1, 0.15) is 5.82 Å². The Hall–Kier alpha value is -1.85. The van der Waals surface area contributed by atoms with E-state index in [1.165, 1.54) is 12.8 Å². The molecule has 0 aromatic carbocycles. The molecule has 1 heterocycles. The summed E-state index contributed by atoms with van der Waals surface area (Å²) in [5.41, 5.74) is -0.324. The average Bonchev–Trinajstić information content (AvgIpc) is 2.43. The van der Waals surface area contributed by atoms with E-state index in [2.05, 4.69) is 22.5 Å². The molecule has 1 rings (SSSR count). The lowest BCUT2D eigenvalue weighted by atomic mass is 10.2. The smallest absolute Gasteiger partial charge is 0.338 e. The van der Waals surface area contributed by atoms with E-state index in [-0.39, 0.29) is 17.5 Å². The largest absolute Gasteiger partial charge is 0.349 e. The third-order valence-electron chi connectivity index (χ3n) is 2.90. The number of urea groups is 1. The molecule has 6 heteroatoms. The minimum absolute atomic E-state index is 0.286. The van der Waals surface area contributed by atoms with E-state index in [1.807, 2.05) is 6.92 Å². The molecule has 1 aromatic heterocycles. The summed E-state index contributed by atoms with van der Waals surface area (Å²) in [5, 5.41) is 5.21. The molecule has 0 saturated heterocycles. The molecular weight excluding hydrogens is 256 g/mol. The molecule has 0 bridgehead atoms. The van der Waals surface area contributed by atoms with E-state index in [4.69, 9.17) is 0 Å². The summed E-state index contributed by atoms with van der Waals surface area (Å²) >= 11 is 0. The number of aromatic nitrogens is 2. The Morgan fingerprint density at radius 1 is 1.25 bits per heavy atom. The number of carbonyl (C=O) groups is 1. The topological polar surface area (TPSA) is 76.0 Å². The van der Waals surface area contributed by atoms with Gasteiger partial charge in [0.05, 0.1) is 0 Å². The summed E-state index contributed by atoms with van der Waals surface area (Å²) in [5.74, 6) is 0.286. The van der Waals surface area contributed by atoms with Crippen LogP contribution in [0.25, 0.3) is 0 Å². The fraction of sp³-hybridized carbons (Fsp3) is 0.643. The van der Waals surface area contributed by atoms with Crippen molar-refractivity contribution in [3.8, 4) is 0 Å². The lowest BCUT2D eigenvalue weighted by molar-refractivity contribution is 0.252. The van der Waals surface area contributed by atoms with E-state index in [0.717, 1.165) is 19.3 Å². The summed E-state index contributed by atoms with van der Waals surface area (Å²) < 4.78 is 1.57. The van der Waals surface area contributed by atoms with Crippen LogP contribution in [0.2, 0.25) is 0 Å². The second-order valence-electron chi connectivity index (χ2n) is 4.73. The summed E-state index contributed by atoms with van der Waals surface area (Å²) in [6.07, 6.45) is 6.97. The Balaban J connectivity index is 2.50. The Bertz CT molecular complexity index is 470. The van der Waals surface area contributed by atoms with Gasteiger partial charge >= 0.3 is 11.7 Å². The third-order valence-corrected chi connectivity index (χ3v) is 2.90. The van der Waals surface area contributed by atoms with Crippen LogP contribution < -0.4 is 16.3 Å². The molecule has 0 aliphatic carbocycles. The molecule has 0 saturated carbocycles. The van der Waals surface area contributed by atoms with Crippen molar-refractivity contribution >= 4 is 11.8 Å². The maximum absolute atomic E-state index is 11.8. The van der Waals surface area contributed by atoms with Gasteiger partial charge in [-0.3, -0.25) is 9.88 Å². The van der Waals surface area contributed by atoms with E-state index < -0.39 is 0 Å². The number of anilines is 1. The van der Waals surface area contributed by atoms with Gasteiger partial charge in [-0.05, 0) is 18.9 Å². The molecule has 0 atom stereocenters. The number of carbonyl (C=O) groups excluding carboxylic acids is 1. The molecule has 0 fully saturated rings. The minimum Gasteiger partial charge on any atom is -0.338 e. The highest BCUT2D eigenvalue weighted by atomic mass is 16.2. The number of aryl methyl sites for hydroxylation is 1. The van der Waals surface area contributed by atoms with Crippen LogP contribution in [-0.2, 0) is 6.54 Å². The molecule has 2 amide bonds. The van der Waals surface area contributed by atoms with Crippen molar-refractivity contribution < 1.29 is 4.79 Å². The first-order chi connectivity index (χ1) is 9.67. The normalized spacial score (nSPS) is 10.3. The predicted octanol–water partition coefficient (Wildman–Crippen LogP) is 2.36. The maximum Gasteiger partial charge on any atom is 0.349 e. The lowest BCUT2D eigenvalue weighted by Gasteiger charge is -2.08. The summed E-state index contributed by atoms with van der Waals surface area (Å²) in [6, 6.07) is 1.31. The van der Waals surface area contributed by atoms with Gasteiger partial charge in [0.2, 0.25) is 0 Å². The quantitative estimate of drug-likeness (QED) is 0.718. The average molecular weight is 280 g/mol. The van der Waals surface area contributed by atoms with Gasteiger partial charge in [0, 0.05) is 19.3 Å². The number of nitrogens with one attached hydrogen (secondary N) is 2. The van der Waals surface area contributed by atoms with Gasteiger partial charge in [-0.25, -0.2) is 9.59 Å². The Kier molecular flexibility index (Phi) is 7.39. The molecular formula is C14H24N4O2. The van der Waals surface area contributed by atoms with E-state index >= 15 is 0 Å². The highest BCUT2D eigenvalue weighted by molar-refractivity contribution is 5.87. The van der Waals surface area contributed by atoms with Crippen LogP contribution >= 0.6 is 0 Å². The standard InChI is InChI=1S/C14H24N4O2/c1-3-5-6-7-10-18-11-8-12(17-14(18)20)16-13(19)15-9-4-2/h8,11H,3-7,9-10H2,1-2H3,(H2,15,16,17,19,20). The summed E-state index contributed by atoms with van der Waals surface area (Å²) in [7, 11) is 0. The Morgan fingerprint density at radius 3 is 2.70 bits per heavy atom. The van der Waals surface area contributed by atoms with Crippen molar-refractivity contribution in [2.45, 2.75) is 52.5 Å². The van der Waals surface area contributed by atoms with Crippen LogP contribution in [0.5, 0.6) is 0 Å². The Labute approximate surface area is 119 Å². The zero-order valence-electron chi connectivity index (χ0n) is 12.3. The minimum atomic E-state index is -0.334. The summed E-state index contributed by atoms with van der Waals surface area (Å²) in [4.78, 5) is 27.1. The zero-order chi connectivity index (χ0) is 14.8. The number of nitrogens with zero attached hydrogens (tertiary/aromatic N) is 2. The van der Waals surface area contributed by atoms with Gasteiger partial charge in [0.25, 0.3) is 0 Å². The molecule has 112 valence electrons. The molecule has 0 aliphatic rings. The maximum atomic E-state index is 11.8. The van der Waals surface area contributed by atoms with Crippen molar-refractivity contribution in [1.82, 2.24) is 14.9 Å². The molecule has 6 nitrogen and oxygen atoms in total. The molecule has 2 N–H and O–H groups in total. The van der Waals surface area contributed by atoms with Crippen LogP contribution in [-0.4, -0.2) is 22.1 Å². The molecule has 0 unspecified atom stereocenters. The van der Waals surface area contributed by atoms with Crippen molar-refractivity contribution in [3.05, 3.63) is 22.7 Å². The zero-order valence-corrected chi connectivity index (χ0v) is 12.3. The number of rotatable bonds is 8. The highest BCUT2D eigenvalue weighted by Crippen LogP contribution is 2.02. The Morgan fingerprint density at radius 2 is 2.05 bits per heavy atom. The fourth-order valence-corrected chi connectivity index (χ4v) is 1.78. The van der Waals surface area contributed by atoms with Crippen molar-refractivity contribution in [2.75, 3.05) is 11.9 Å². The van der Waals surface area contributed by atoms with Crippen molar-refractivity contribution in [1.29, 1.82) is 0 Å². The fourth-order valence-electron chi connectivity index (χ4n) is 1.78. The second kappa shape index (κ2) is 9.12. The van der Waals surface area contributed by atoms with Crippen LogP contribution in [0.4, 0.5) is 10.6 Å². The van der Waals surface area contributed by atoms with Crippen LogP contribution in [0.1, 0.15) is 46.0 Å². The van der Waals surface area contributed by atoms with Crippen LogP contribution in [0.15, 0.2) is 17.1 Å². The van der Waals surface area contributed by atoms with Crippen LogP contribution in [0.3, 0.4) is 0 Å². The highest BCUT2D eigenvalue weighted by Gasteiger charge is 2.04. The van der Waals surface area contributed by atoms with Crippen molar-refractivity contribution in [2.24, 2.45) is 0 Å². The second-order valence-corrected chi connectivity index (χ2v) is 4.73. The first kappa shape index (κ1) is 16.2. The molecule has 1 aromatic rings. The van der Waals surface area contributed by atoms with Gasteiger partial charge in [0.15, 0.2) is 0 Å². The lowest BCUT2D eigenvalue weighted by Crippen LogP contribution is -2.31. The number of amides is 2. The van der Waals surface area contributed by atoms with Gasteiger partial charge in [-0.15, -0.1) is 0 Å². The predicted molar refractivity (Wildman–Crippen MR) is 80.0 cm³/mol.